The van der Waals surface area contributed by atoms with Crippen LogP contribution in [-0.2, 0) is 26.2 Å². The maximum Gasteiger partial charge on any atom is 0.273 e. The number of likely N-dealkylation sites (N-methyl/N-ethyl adjacent to an activating group) is 1. The van der Waals surface area contributed by atoms with Gasteiger partial charge in [-0.3, -0.25) is 24.0 Å². The quantitative estimate of drug-likeness (QED) is 0.194. The summed E-state index contributed by atoms with van der Waals surface area (Å²) in [5.41, 5.74) is 0.361. The van der Waals surface area contributed by atoms with E-state index in [9.17, 15) is 28.1 Å². The summed E-state index contributed by atoms with van der Waals surface area (Å²) in [6.45, 7) is 4.33. The third kappa shape index (κ3) is 7.75. The van der Waals surface area contributed by atoms with Crippen LogP contribution >= 0.6 is 23.2 Å². The molecule has 2 amide bonds. The minimum atomic E-state index is -4.54. The van der Waals surface area contributed by atoms with Crippen molar-refractivity contribution in [3.05, 3.63) is 92.0 Å². The summed E-state index contributed by atoms with van der Waals surface area (Å²) in [6.07, 6.45) is 0.207. The van der Waals surface area contributed by atoms with Gasteiger partial charge in [0.15, 0.2) is 0 Å². The highest BCUT2D eigenvalue weighted by atomic mass is 35.5. The van der Waals surface area contributed by atoms with Gasteiger partial charge in [-0.25, -0.2) is 8.42 Å². The molecule has 0 aromatic heterocycles. The van der Waals surface area contributed by atoms with Gasteiger partial charge in [-0.05, 0) is 62.7 Å². The second kappa shape index (κ2) is 14.5. The Kier molecular flexibility index (Phi) is 11.4. The van der Waals surface area contributed by atoms with Crippen molar-refractivity contribution < 1.29 is 27.7 Å². The highest BCUT2D eigenvalue weighted by Gasteiger charge is 2.35. The third-order valence-electron chi connectivity index (χ3n) is 6.73. The Labute approximate surface area is 260 Å². The maximum absolute atomic E-state index is 14.1. The molecule has 43 heavy (non-hydrogen) atoms. The first-order valence-corrected chi connectivity index (χ1v) is 15.5. The Bertz CT molecular complexity index is 1580. The van der Waals surface area contributed by atoms with Gasteiger partial charge in [0.1, 0.15) is 18.3 Å². The molecule has 11 nitrogen and oxygen atoms in total. The molecule has 1 atom stereocenters. The zero-order chi connectivity index (χ0) is 31.9. The van der Waals surface area contributed by atoms with E-state index >= 15 is 0 Å². The zero-order valence-electron chi connectivity index (χ0n) is 24.0. The number of sulfonamides is 1. The van der Waals surface area contributed by atoms with Crippen LogP contribution in [0, 0.1) is 17.0 Å². The Morgan fingerprint density at radius 1 is 1.05 bits per heavy atom. The van der Waals surface area contributed by atoms with E-state index in [2.05, 4.69) is 5.32 Å². The number of methoxy groups -OCH3 is 1. The number of nitrogens with zero attached hydrogens (tertiary/aromatic N) is 3. The number of ether oxygens (including phenoxy) is 1. The molecule has 230 valence electrons. The standard InChI is InChI=1S/C29H32Cl2N4O7S/c1-5-26(29(37)32-6-2)33(17-23-24(30)8-7-9-25(23)31)28(36)18-34(20-11-13-21(42-4)14-12-20)43(40,41)22-15-10-19(3)27(16-22)35(38)39/h7-16,26H,5-6,17-18H2,1-4H3,(H,32,37)/t26-/m1/s1. The highest BCUT2D eigenvalue weighted by Crippen LogP contribution is 2.31. The topological polar surface area (TPSA) is 139 Å². The lowest BCUT2D eigenvalue weighted by Gasteiger charge is -2.33. The SMILES string of the molecule is CCNC(=O)[C@@H](CC)N(Cc1c(Cl)cccc1Cl)C(=O)CN(c1ccc(OC)cc1)S(=O)(=O)c1ccc(C)c([N+](=O)[O-])c1. The van der Waals surface area contributed by atoms with E-state index in [0.717, 1.165) is 10.4 Å². The lowest BCUT2D eigenvalue weighted by molar-refractivity contribution is -0.385. The number of anilines is 1. The predicted molar refractivity (Wildman–Crippen MR) is 165 cm³/mol. The number of nitrogens with one attached hydrogen (secondary N) is 1. The van der Waals surface area contributed by atoms with Gasteiger partial charge in [0.2, 0.25) is 11.8 Å². The van der Waals surface area contributed by atoms with E-state index in [1.807, 2.05) is 0 Å². The van der Waals surface area contributed by atoms with Crippen molar-refractivity contribution in [1.82, 2.24) is 10.2 Å². The van der Waals surface area contributed by atoms with E-state index < -0.39 is 39.3 Å². The van der Waals surface area contributed by atoms with Gasteiger partial charge in [-0.15, -0.1) is 0 Å². The number of benzene rings is 3. The first-order valence-electron chi connectivity index (χ1n) is 13.3. The van der Waals surface area contributed by atoms with Gasteiger partial charge in [0.05, 0.1) is 22.6 Å². The molecule has 0 saturated carbocycles. The van der Waals surface area contributed by atoms with Gasteiger partial charge in [0, 0.05) is 40.3 Å². The van der Waals surface area contributed by atoms with Gasteiger partial charge in [0.25, 0.3) is 15.7 Å². The number of carbonyl (C=O) groups excluding carboxylic acids is 2. The number of aryl methyl sites for hydroxylation is 1. The molecule has 0 radical (unpaired) electrons. The molecular weight excluding hydrogens is 619 g/mol. The first kappa shape index (κ1) is 33.6. The van der Waals surface area contributed by atoms with Gasteiger partial charge < -0.3 is 15.0 Å². The summed E-state index contributed by atoms with van der Waals surface area (Å²) in [7, 11) is -3.09. The van der Waals surface area contributed by atoms with Crippen molar-refractivity contribution in [1.29, 1.82) is 0 Å². The number of rotatable bonds is 13. The number of nitro groups is 1. The summed E-state index contributed by atoms with van der Waals surface area (Å²) in [4.78, 5) is 39.0. The van der Waals surface area contributed by atoms with Crippen LogP contribution < -0.4 is 14.4 Å². The van der Waals surface area contributed by atoms with Crippen LogP contribution in [-0.4, -0.2) is 56.3 Å². The zero-order valence-corrected chi connectivity index (χ0v) is 26.4. The summed E-state index contributed by atoms with van der Waals surface area (Å²) in [5, 5.41) is 14.8. The minimum Gasteiger partial charge on any atom is -0.497 e. The van der Waals surface area contributed by atoms with E-state index in [0.29, 0.717) is 17.9 Å². The van der Waals surface area contributed by atoms with Crippen LogP contribution in [0.1, 0.15) is 31.4 Å². The molecule has 3 aromatic carbocycles. The molecular formula is C29H32Cl2N4O7S. The summed E-state index contributed by atoms with van der Waals surface area (Å²) >= 11 is 12.8. The number of hydrogen-bond donors (Lipinski definition) is 1. The predicted octanol–water partition coefficient (Wildman–Crippen LogP) is 5.36. The largest absolute Gasteiger partial charge is 0.497 e. The molecule has 0 saturated heterocycles. The smallest absolute Gasteiger partial charge is 0.273 e. The lowest BCUT2D eigenvalue weighted by atomic mass is 10.1. The molecule has 0 unspecified atom stereocenters. The average molecular weight is 652 g/mol. The van der Waals surface area contributed by atoms with Crippen LogP contribution in [0.3, 0.4) is 0 Å². The number of hydrogen-bond acceptors (Lipinski definition) is 7. The average Bonchev–Trinajstić information content (AvgIpc) is 2.97. The summed E-state index contributed by atoms with van der Waals surface area (Å²) in [6, 6.07) is 13.3. The normalized spacial score (nSPS) is 11.9. The maximum atomic E-state index is 14.1. The van der Waals surface area contributed by atoms with E-state index in [4.69, 9.17) is 27.9 Å². The molecule has 1 N–H and O–H groups in total. The van der Waals surface area contributed by atoms with Crippen molar-refractivity contribution in [3.8, 4) is 5.75 Å². The Hall–Kier alpha value is -3.87. The summed E-state index contributed by atoms with van der Waals surface area (Å²) in [5.74, 6) is -0.722. The Morgan fingerprint density at radius 2 is 1.67 bits per heavy atom. The monoisotopic (exact) mass is 650 g/mol. The van der Waals surface area contributed by atoms with Gasteiger partial charge >= 0.3 is 0 Å². The molecule has 0 aliphatic carbocycles. The Morgan fingerprint density at radius 3 is 2.21 bits per heavy atom. The number of nitro benzene ring substituents is 1. The Balaban J connectivity index is 2.15. The van der Waals surface area contributed by atoms with Gasteiger partial charge in [-0.2, -0.15) is 0 Å². The van der Waals surface area contributed by atoms with Crippen molar-refractivity contribution in [3.63, 3.8) is 0 Å². The highest BCUT2D eigenvalue weighted by molar-refractivity contribution is 7.92. The molecule has 3 aromatic rings. The molecule has 0 bridgehead atoms. The third-order valence-corrected chi connectivity index (χ3v) is 9.21. The van der Waals surface area contributed by atoms with Gasteiger partial charge in [-0.1, -0.05) is 42.3 Å². The molecule has 0 fully saturated rings. The van der Waals surface area contributed by atoms with Crippen LogP contribution in [0.15, 0.2) is 65.6 Å². The van der Waals surface area contributed by atoms with Crippen LogP contribution in [0.4, 0.5) is 11.4 Å². The fourth-order valence-electron chi connectivity index (χ4n) is 4.42. The second-order valence-corrected chi connectivity index (χ2v) is 12.1. The molecule has 0 heterocycles. The molecule has 3 rings (SSSR count). The van der Waals surface area contributed by atoms with Crippen molar-refractivity contribution in [2.75, 3.05) is 24.5 Å². The number of amides is 2. The van der Waals surface area contributed by atoms with Crippen molar-refractivity contribution >= 4 is 56.4 Å². The van der Waals surface area contributed by atoms with E-state index in [1.165, 1.54) is 55.3 Å². The first-order chi connectivity index (χ1) is 20.3. The molecule has 0 aliphatic rings. The summed E-state index contributed by atoms with van der Waals surface area (Å²) < 4.78 is 34.1. The minimum absolute atomic E-state index is 0.0964. The van der Waals surface area contributed by atoms with Crippen LogP contribution in [0.2, 0.25) is 10.0 Å². The van der Waals surface area contributed by atoms with Crippen molar-refractivity contribution in [2.45, 2.75) is 44.7 Å². The lowest BCUT2D eigenvalue weighted by Crippen LogP contribution is -2.52. The van der Waals surface area contributed by atoms with E-state index in [-0.39, 0.29) is 44.8 Å². The van der Waals surface area contributed by atoms with Crippen LogP contribution in [0.25, 0.3) is 0 Å². The number of carbonyl (C=O) groups is 2. The van der Waals surface area contributed by atoms with Crippen LogP contribution in [0.5, 0.6) is 5.75 Å². The van der Waals surface area contributed by atoms with E-state index in [1.54, 1.807) is 32.0 Å². The molecule has 14 heteroatoms. The second-order valence-electron chi connectivity index (χ2n) is 9.46. The van der Waals surface area contributed by atoms with Crippen molar-refractivity contribution in [2.24, 2.45) is 0 Å². The fourth-order valence-corrected chi connectivity index (χ4v) is 6.37. The number of halogens is 2. The fraction of sp³-hybridized carbons (Fsp3) is 0.310. The molecule has 0 aliphatic heterocycles. The molecule has 0 spiro atoms.